The topological polar surface area (TPSA) is 35.6 Å². The first kappa shape index (κ1) is 12.1. The van der Waals surface area contributed by atoms with Gasteiger partial charge in [-0.2, -0.15) is 0 Å². The Balaban J connectivity index is 2.35. The smallest absolute Gasteiger partial charge is 0.231 e. The Morgan fingerprint density at radius 2 is 2.12 bits per heavy atom. The fraction of sp³-hybridized carbons (Fsp3) is 0.462. The van der Waals surface area contributed by atoms with E-state index >= 15 is 0 Å². The maximum Gasteiger partial charge on any atom is 0.231 e. The first-order chi connectivity index (χ1) is 8.04. The van der Waals surface area contributed by atoms with Gasteiger partial charge in [0, 0.05) is 12.7 Å². The number of amides is 1. The van der Waals surface area contributed by atoms with E-state index in [0.717, 1.165) is 11.3 Å². The summed E-state index contributed by atoms with van der Waals surface area (Å²) in [5.74, 6) is 0.169. The fourth-order valence-corrected chi connectivity index (χ4v) is 2.38. The van der Waals surface area contributed by atoms with Gasteiger partial charge in [-0.25, -0.2) is 0 Å². The van der Waals surface area contributed by atoms with Gasteiger partial charge < -0.3 is 10.2 Å². The van der Waals surface area contributed by atoms with Gasteiger partial charge in [-0.1, -0.05) is 12.1 Å². The van der Waals surface area contributed by atoms with Crippen LogP contribution in [0.2, 0.25) is 0 Å². The Morgan fingerprint density at radius 3 is 2.71 bits per heavy atom. The van der Waals surface area contributed by atoms with Crippen molar-refractivity contribution in [1.29, 1.82) is 0 Å². The largest absolute Gasteiger partial charge is 0.315 e. The minimum absolute atomic E-state index is 0.169. The fourth-order valence-electron chi connectivity index (χ4n) is 2.38. The number of fused-ring (bicyclic) bond motifs is 1. The molecule has 0 saturated heterocycles. The lowest BCUT2D eigenvalue weighted by Gasteiger charge is -2.24. The van der Waals surface area contributed by atoms with Crippen molar-refractivity contribution in [3.63, 3.8) is 0 Å². The van der Waals surface area contributed by atoms with E-state index < -0.39 is 0 Å². The monoisotopic (exact) mass is 233 g/mol. The Labute approximate surface area is 102 Å². The van der Waals surface area contributed by atoms with Gasteiger partial charge in [-0.3, -0.25) is 9.69 Å². The van der Waals surface area contributed by atoms with Crippen molar-refractivity contribution in [3.8, 4) is 0 Å². The summed E-state index contributed by atoms with van der Waals surface area (Å²) in [6.07, 6.45) is 0.699. The Morgan fingerprint density at radius 1 is 1.41 bits per heavy atom. The van der Waals surface area contributed by atoms with Crippen molar-refractivity contribution < 1.29 is 4.79 Å². The number of nitrogens with one attached hydrogen (secondary N) is 1. The van der Waals surface area contributed by atoms with Crippen LogP contribution in [0.15, 0.2) is 18.2 Å². The third-order valence-corrected chi connectivity index (χ3v) is 3.29. The SMILES string of the molecule is CNC(c1ccc2c(c1)CC(=O)N2C)N(C)C. The summed E-state index contributed by atoms with van der Waals surface area (Å²) in [5, 5.41) is 3.26. The molecule has 1 heterocycles. The molecule has 0 aliphatic carbocycles. The highest BCUT2D eigenvalue weighted by Crippen LogP contribution is 2.30. The quantitative estimate of drug-likeness (QED) is 0.791. The molecule has 4 heteroatoms. The predicted molar refractivity (Wildman–Crippen MR) is 69.0 cm³/mol. The van der Waals surface area contributed by atoms with Gasteiger partial charge in [0.2, 0.25) is 5.91 Å². The molecule has 1 aromatic rings. The summed E-state index contributed by atoms with van der Waals surface area (Å²) in [6.45, 7) is 0. The summed E-state index contributed by atoms with van der Waals surface area (Å²) >= 11 is 0. The zero-order chi connectivity index (χ0) is 12.6. The van der Waals surface area contributed by atoms with Crippen LogP contribution in [0, 0.1) is 0 Å². The molecule has 1 unspecified atom stereocenters. The number of rotatable bonds is 3. The highest BCUT2D eigenvalue weighted by Gasteiger charge is 2.25. The second-order valence-corrected chi connectivity index (χ2v) is 4.67. The third-order valence-electron chi connectivity index (χ3n) is 3.29. The van der Waals surface area contributed by atoms with Crippen molar-refractivity contribution in [2.45, 2.75) is 12.6 Å². The lowest BCUT2D eigenvalue weighted by Crippen LogP contribution is -2.30. The number of benzene rings is 1. The number of likely N-dealkylation sites (N-methyl/N-ethyl adjacent to an activating group) is 1. The zero-order valence-electron chi connectivity index (χ0n) is 10.8. The van der Waals surface area contributed by atoms with Gasteiger partial charge in [0.25, 0.3) is 0 Å². The zero-order valence-corrected chi connectivity index (χ0v) is 10.8. The summed E-state index contributed by atoms with van der Waals surface area (Å²) in [5.41, 5.74) is 3.35. The van der Waals surface area contributed by atoms with Crippen LogP contribution >= 0.6 is 0 Å². The molecular weight excluding hydrogens is 214 g/mol. The van der Waals surface area contributed by atoms with Gasteiger partial charge in [0.05, 0.1) is 12.6 Å². The highest BCUT2D eigenvalue weighted by molar-refractivity contribution is 6.00. The van der Waals surface area contributed by atoms with Crippen LogP contribution in [0.1, 0.15) is 17.3 Å². The van der Waals surface area contributed by atoms with Gasteiger partial charge >= 0.3 is 0 Å². The van der Waals surface area contributed by atoms with Crippen LogP contribution in [0.5, 0.6) is 0 Å². The Bertz CT molecular complexity index is 442. The number of carbonyl (C=O) groups is 1. The molecule has 2 rings (SSSR count). The summed E-state index contributed by atoms with van der Waals surface area (Å²) in [7, 11) is 7.84. The molecule has 1 atom stereocenters. The molecule has 92 valence electrons. The molecule has 0 saturated carbocycles. The van der Waals surface area contributed by atoms with E-state index in [1.807, 2.05) is 34.3 Å². The predicted octanol–water partition coefficient (Wildman–Crippen LogP) is 0.985. The number of carbonyl (C=O) groups excluding carboxylic acids is 1. The lowest BCUT2D eigenvalue weighted by molar-refractivity contribution is -0.117. The van der Waals surface area contributed by atoms with E-state index in [1.165, 1.54) is 5.56 Å². The van der Waals surface area contributed by atoms with Crippen molar-refractivity contribution in [1.82, 2.24) is 10.2 Å². The van der Waals surface area contributed by atoms with E-state index in [2.05, 4.69) is 22.3 Å². The number of hydrogen-bond donors (Lipinski definition) is 1. The van der Waals surface area contributed by atoms with E-state index in [9.17, 15) is 4.79 Å². The molecule has 1 aromatic carbocycles. The number of nitrogens with zero attached hydrogens (tertiary/aromatic N) is 2. The first-order valence-electron chi connectivity index (χ1n) is 5.77. The molecule has 1 amide bonds. The van der Waals surface area contributed by atoms with Gasteiger partial charge in [-0.05, 0) is 38.3 Å². The van der Waals surface area contributed by atoms with Gasteiger partial charge in [-0.15, -0.1) is 0 Å². The maximum absolute atomic E-state index is 11.6. The molecule has 17 heavy (non-hydrogen) atoms. The van der Waals surface area contributed by atoms with E-state index in [0.29, 0.717) is 6.42 Å². The normalized spacial score (nSPS) is 16.5. The van der Waals surface area contributed by atoms with Crippen LogP contribution in [-0.4, -0.2) is 39.0 Å². The van der Waals surface area contributed by atoms with Crippen molar-refractivity contribution in [2.75, 3.05) is 33.1 Å². The average molecular weight is 233 g/mol. The first-order valence-corrected chi connectivity index (χ1v) is 5.77. The molecule has 0 spiro atoms. The van der Waals surface area contributed by atoms with Crippen molar-refractivity contribution in [3.05, 3.63) is 29.3 Å². The van der Waals surface area contributed by atoms with Gasteiger partial charge in [0.15, 0.2) is 0 Å². The highest BCUT2D eigenvalue weighted by atomic mass is 16.2. The standard InChI is InChI=1S/C13H19N3O/c1-14-13(15(2)3)9-5-6-11-10(7-9)8-12(17)16(11)4/h5-7,13-14H,8H2,1-4H3. The third kappa shape index (κ3) is 2.06. The molecule has 0 radical (unpaired) electrons. The van der Waals surface area contributed by atoms with Crippen molar-refractivity contribution >= 4 is 11.6 Å². The Hall–Kier alpha value is -1.39. The Kier molecular flexibility index (Phi) is 3.17. The molecule has 0 fully saturated rings. The van der Waals surface area contributed by atoms with E-state index in [1.54, 1.807) is 4.90 Å². The second-order valence-electron chi connectivity index (χ2n) is 4.67. The second kappa shape index (κ2) is 4.47. The minimum Gasteiger partial charge on any atom is -0.315 e. The molecule has 1 aliphatic heterocycles. The van der Waals surface area contributed by atoms with Crippen LogP contribution < -0.4 is 10.2 Å². The molecular formula is C13H19N3O. The molecule has 0 bridgehead atoms. The van der Waals surface area contributed by atoms with Crippen LogP contribution in [0.3, 0.4) is 0 Å². The molecule has 1 N–H and O–H groups in total. The summed E-state index contributed by atoms with van der Waals surface area (Å²) in [4.78, 5) is 15.5. The van der Waals surface area contributed by atoms with Crippen LogP contribution in [0.4, 0.5) is 5.69 Å². The molecule has 0 aromatic heterocycles. The van der Waals surface area contributed by atoms with E-state index in [-0.39, 0.29) is 12.1 Å². The minimum atomic E-state index is 0.169. The van der Waals surface area contributed by atoms with E-state index in [4.69, 9.17) is 0 Å². The van der Waals surface area contributed by atoms with Gasteiger partial charge in [0.1, 0.15) is 0 Å². The number of hydrogen-bond acceptors (Lipinski definition) is 3. The average Bonchev–Trinajstić information content (AvgIpc) is 2.55. The van der Waals surface area contributed by atoms with Crippen molar-refractivity contribution in [2.24, 2.45) is 0 Å². The van der Waals surface area contributed by atoms with Crippen LogP contribution in [0.25, 0.3) is 0 Å². The molecule has 1 aliphatic rings. The maximum atomic E-state index is 11.6. The number of anilines is 1. The summed E-state index contributed by atoms with van der Waals surface area (Å²) < 4.78 is 0. The molecule has 4 nitrogen and oxygen atoms in total. The lowest BCUT2D eigenvalue weighted by atomic mass is 10.1. The van der Waals surface area contributed by atoms with Crippen LogP contribution in [-0.2, 0) is 11.2 Å². The summed E-state index contributed by atoms with van der Waals surface area (Å²) in [6, 6.07) is 6.23.